The molecule has 1 aliphatic heterocycles. The Labute approximate surface area is 125 Å². The SMILES string of the molecule is CC1(CNC(=O)c2sc3nccnc3c2N)CCCS1. The standard InChI is InChI=1S/C13H16N4OS2/c1-13(3-2-6-19-13)7-17-11(18)10-8(14)9-12(20-10)16-5-4-15-9/h4-5H,2-3,6-7,14H2,1H3,(H,17,18). The molecular weight excluding hydrogens is 292 g/mol. The lowest BCUT2D eigenvalue weighted by Gasteiger charge is -2.22. The van der Waals surface area contributed by atoms with Crippen molar-refractivity contribution in [1.29, 1.82) is 0 Å². The van der Waals surface area contributed by atoms with Crippen LogP contribution in [0.25, 0.3) is 10.3 Å². The van der Waals surface area contributed by atoms with Crippen LogP contribution in [0.4, 0.5) is 5.69 Å². The summed E-state index contributed by atoms with van der Waals surface area (Å²) in [5, 5.41) is 3.00. The Morgan fingerprint density at radius 3 is 3.00 bits per heavy atom. The average molecular weight is 308 g/mol. The van der Waals surface area contributed by atoms with E-state index in [1.807, 2.05) is 11.8 Å². The summed E-state index contributed by atoms with van der Waals surface area (Å²) in [5.74, 6) is 1.05. The van der Waals surface area contributed by atoms with Crippen LogP contribution in [0, 0.1) is 0 Å². The van der Waals surface area contributed by atoms with Gasteiger partial charge in [-0.15, -0.1) is 11.3 Å². The van der Waals surface area contributed by atoms with Crippen LogP contribution in [-0.2, 0) is 0 Å². The van der Waals surface area contributed by atoms with Crippen molar-refractivity contribution in [1.82, 2.24) is 15.3 Å². The van der Waals surface area contributed by atoms with Crippen molar-refractivity contribution < 1.29 is 4.79 Å². The summed E-state index contributed by atoms with van der Waals surface area (Å²) in [6, 6.07) is 0. The first-order chi connectivity index (χ1) is 9.59. The molecule has 1 amide bonds. The molecule has 1 unspecified atom stereocenters. The molecule has 5 nitrogen and oxygen atoms in total. The monoisotopic (exact) mass is 308 g/mol. The normalized spacial score (nSPS) is 22.2. The fraction of sp³-hybridized carbons (Fsp3) is 0.462. The minimum absolute atomic E-state index is 0.124. The van der Waals surface area contributed by atoms with Crippen molar-refractivity contribution in [3.8, 4) is 0 Å². The number of thiophene rings is 1. The predicted octanol–water partition coefficient (Wildman–Crippen LogP) is 2.29. The average Bonchev–Trinajstić information content (AvgIpc) is 3.02. The van der Waals surface area contributed by atoms with Gasteiger partial charge in [-0.3, -0.25) is 4.79 Å². The van der Waals surface area contributed by atoms with Crippen LogP contribution in [0.1, 0.15) is 29.4 Å². The number of hydrogen-bond acceptors (Lipinski definition) is 6. The number of anilines is 1. The Bertz CT molecular complexity index is 649. The van der Waals surface area contributed by atoms with Crippen molar-refractivity contribution in [2.75, 3.05) is 18.0 Å². The van der Waals surface area contributed by atoms with E-state index in [4.69, 9.17) is 5.73 Å². The number of nitrogens with one attached hydrogen (secondary N) is 1. The van der Waals surface area contributed by atoms with E-state index < -0.39 is 0 Å². The molecule has 0 spiro atoms. The number of nitrogens with zero attached hydrogens (tertiary/aromatic N) is 2. The maximum Gasteiger partial charge on any atom is 0.263 e. The largest absolute Gasteiger partial charge is 0.396 e. The lowest BCUT2D eigenvalue weighted by atomic mass is 10.1. The molecule has 7 heteroatoms. The van der Waals surface area contributed by atoms with Crippen LogP contribution in [0.2, 0.25) is 0 Å². The molecule has 106 valence electrons. The van der Waals surface area contributed by atoms with Crippen LogP contribution in [0.5, 0.6) is 0 Å². The molecule has 0 aliphatic carbocycles. The molecule has 0 saturated carbocycles. The molecule has 2 aromatic heterocycles. The summed E-state index contributed by atoms with van der Waals surface area (Å²) < 4.78 is 0.150. The van der Waals surface area contributed by atoms with Crippen molar-refractivity contribution in [2.45, 2.75) is 24.5 Å². The third-order valence-electron chi connectivity index (χ3n) is 3.49. The van der Waals surface area contributed by atoms with E-state index in [-0.39, 0.29) is 10.7 Å². The van der Waals surface area contributed by atoms with E-state index in [1.165, 1.54) is 23.5 Å². The molecular formula is C13H16N4OS2. The minimum atomic E-state index is -0.124. The van der Waals surface area contributed by atoms with E-state index in [9.17, 15) is 4.79 Å². The number of fused-ring (bicyclic) bond motifs is 1. The van der Waals surface area contributed by atoms with Crippen LogP contribution in [0.15, 0.2) is 12.4 Å². The van der Waals surface area contributed by atoms with Gasteiger partial charge >= 0.3 is 0 Å². The highest BCUT2D eigenvalue weighted by Gasteiger charge is 2.30. The number of carbonyl (C=O) groups is 1. The van der Waals surface area contributed by atoms with Gasteiger partial charge in [0.05, 0.1) is 5.69 Å². The highest BCUT2D eigenvalue weighted by molar-refractivity contribution is 8.00. The fourth-order valence-electron chi connectivity index (χ4n) is 2.34. The first-order valence-electron chi connectivity index (χ1n) is 6.50. The van der Waals surface area contributed by atoms with Crippen LogP contribution in [-0.4, -0.2) is 32.9 Å². The summed E-state index contributed by atoms with van der Waals surface area (Å²) in [6.07, 6.45) is 5.55. The molecule has 3 N–H and O–H groups in total. The molecule has 0 bridgehead atoms. The first kappa shape index (κ1) is 13.6. The van der Waals surface area contributed by atoms with Crippen molar-refractivity contribution in [3.05, 3.63) is 17.3 Å². The number of aromatic nitrogens is 2. The van der Waals surface area contributed by atoms with Gasteiger partial charge < -0.3 is 11.1 Å². The minimum Gasteiger partial charge on any atom is -0.396 e. The first-order valence-corrected chi connectivity index (χ1v) is 8.30. The van der Waals surface area contributed by atoms with Crippen LogP contribution >= 0.6 is 23.1 Å². The van der Waals surface area contributed by atoms with E-state index >= 15 is 0 Å². The zero-order chi connectivity index (χ0) is 14.2. The maximum absolute atomic E-state index is 12.3. The molecule has 3 rings (SSSR count). The third-order valence-corrected chi connectivity index (χ3v) is 6.13. The quantitative estimate of drug-likeness (QED) is 0.909. The highest BCUT2D eigenvalue weighted by Crippen LogP contribution is 2.37. The number of rotatable bonds is 3. The fourth-order valence-corrected chi connectivity index (χ4v) is 4.52. The Kier molecular flexibility index (Phi) is 3.55. The van der Waals surface area contributed by atoms with Crippen molar-refractivity contribution >= 4 is 45.0 Å². The summed E-state index contributed by atoms with van der Waals surface area (Å²) in [7, 11) is 0. The Balaban J connectivity index is 1.77. The number of nitrogen functional groups attached to an aromatic ring is 1. The second-order valence-electron chi connectivity index (χ2n) is 5.14. The summed E-state index contributed by atoms with van der Waals surface area (Å²) in [5.41, 5.74) is 7.04. The Hall–Kier alpha value is -1.34. The number of carbonyl (C=O) groups excluding carboxylic acids is 1. The van der Waals surface area contributed by atoms with Gasteiger partial charge in [0.25, 0.3) is 5.91 Å². The van der Waals surface area contributed by atoms with E-state index in [2.05, 4.69) is 22.2 Å². The lowest BCUT2D eigenvalue weighted by Crippen LogP contribution is -2.36. The second-order valence-corrected chi connectivity index (χ2v) is 7.82. The molecule has 1 saturated heterocycles. The highest BCUT2D eigenvalue weighted by atomic mass is 32.2. The number of nitrogens with two attached hydrogens (primary N) is 1. The molecule has 1 fully saturated rings. The van der Waals surface area contributed by atoms with Gasteiger partial charge in [-0.05, 0) is 25.5 Å². The molecule has 1 atom stereocenters. The zero-order valence-corrected chi connectivity index (χ0v) is 12.8. The molecule has 2 aromatic rings. The van der Waals surface area contributed by atoms with E-state index in [0.29, 0.717) is 27.5 Å². The van der Waals surface area contributed by atoms with Crippen LogP contribution < -0.4 is 11.1 Å². The molecule has 3 heterocycles. The smallest absolute Gasteiger partial charge is 0.263 e. The molecule has 0 aromatic carbocycles. The van der Waals surface area contributed by atoms with E-state index in [0.717, 1.165) is 6.42 Å². The summed E-state index contributed by atoms with van der Waals surface area (Å²) in [4.78, 5) is 21.9. The van der Waals surface area contributed by atoms with Gasteiger partial charge in [0, 0.05) is 23.7 Å². The van der Waals surface area contributed by atoms with Gasteiger partial charge in [-0.2, -0.15) is 11.8 Å². The van der Waals surface area contributed by atoms with Gasteiger partial charge in [0.2, 0.25) is 0 Å². The number of amides is 1. The topological polar surface area (TPSA) is 80.9 Å². The number of hydrogen-bond donors (Lipinski definition) is 2. The molecule has 20 heavy (non-hydrogen) atoms. The molecule has 1 aliphatic rings. The van der Waals surface area contributed by atoms with Crippen molar-refractivity contribution in [2.24, 2.45) is 0 Å². The number of thioether (sulfide) groups is 1. The van der Waals surface area contributed by atoms with E-state index in [1.54, 1.807) is 12.4 Å². The zero-order valence-electron chi connectivity index (χ0n) is 11.2. The third kappa shape index (κ3) is 2.47. The second kappa shape index (κ2) is 5.21. The van der Waals surface area contributed by atoms with Crippen molar-refractivity contribution in [3.63, 3.8) is 0 Å². The summed E-state index contributed by atoms with van der Waals surface area (Å²) in [6.45, 7) is 2.87. The Morgan fingerprint density at radius 2 is 2.30 bits per heavy atom. The van der Waals surface area contributed by atoms with Gasteiger partial charge in [0.1, 0.15) is 15.2 Å². The molecule has 0 radical (unpaired) electrons. The van der Waals surface area contributed by atoms with Crippen LogP contribution in [0.3, 0.4) is 0 Å². The maximum atomic E-state index is 12.3. The Morgan fingerprint density at radius 1 is 1.50 bits per heavy atom. The van der Waals surface area contributed by atoms with Gasteiger partial charge in [-0.1, -0.05) is 0 Å². The van der Waals surface area contributed by atoms with Gasteiger partial charge in [-0.25, -0.2) is 9.97 Å². The van der Waals surface area contributed by atoms with Gasteiger partial charge in [0.15, 0.2) is 0 Å². The lowest BCUT2D eigenvalue weighted by molar-refractivity contribution is 0.0955. The summed E-state index contributed by atoms with van der Waals surface area (Å²) >= 11 is 3.22. The predicted molar refractivity (Wildman–Crippen MR) is 84.3 cm³/mol.